The Morgan fingerprint density at radius 2 is 1.09 bits per heavy atom. The van der Waals surface area contributed by atoms with Crippen molar-refractivity contribution in [1.29, 1.82) is 0 Å². The Kier molecular flexibility index (Phi) is 6.78. The first-order valence-electron chi connectivity index (χ1n) is 10.9. The van der Waals surface area contributed by atoms with Crippen molar-refractivity contribution in [3.63, 3.8) is 0 Å². The molecule has 0 aromatic heterocycles. The Bertz CT molecular complexity index is 1290. The second kappa shape index (κ2) is 10.1. The van der Waals surface area contributed by atoms with Gasteiger partial charge in [0.2, 0.25) is 11.8 Å². The van der Waals surface area contributed by atoms with Crippen molar-refractivity contribution in [2.75, 3.05) is 23.8 Å². The van der Waals surface area contributed by atoms with Gasteiger partial charge in [0.1, 0.15) is 13.2 Å². The fraction of sp³-hybridized carbons (Fsp3) is 0.143. The molecule has 0 spiro atoms. The summed E-state index contributed by atoms with van der Waals surface area (Å²) in [4.78, 5) is 23.4. The molecule has 6 heteroatoms. The zero-order chi connectivity index (χ0) is 24.1. The monoisotopic (exact) mass is 454 g/mol. The highest BCUT2D eigenvalue weighted by Gasteiger charge is 2.13. The van der Waals surface area contributed by atoms with Gasteiger partial charge in [-0.1, -0.05) is 67.2 Å². The van der Waals surface area contributed by atoms with Crippen LogP contribution in [0.4, 0.5) is 11.4 Å². The van der Waals surface area contributed by atoms with Crippen molar-refractivity contribution in [2.45, 2.75) is 13.8 Å². The molecule has 0 heterocycles. The molecule has 4 aromatic carbocycles. The number of hydrogen-bond donors (Lipinski definition) is 2. The van der Waals surface area contributed by atoms with E-state index in [4.69, 9.17) is 9.47 Å². The maximum atomic E-state index is 11.7. The zero-order valence-corrected chi connectivity index (χ0v) is 19.2. The summed E-state index contributed by atoms with van der Waals surface area (Å²) in [6.45, 7) is 7.41. The molecule has 0 radical (unpaired) electrons. The summed E-state index contributed by atoms with van der Waals surface area (Å²) in [5.74, 6) is 0.810. The van der Waals surface area contributed by atoms with Gasteiger partial charge < -0.3 is 20.1 Å². The average Bonchev–Trinajstić information content (AvgIpc) is 2.81. The largest absolute Gasteiger partial charge is 0.486 e. The van der Waals surface area contributed by atoms with E-state index in [1.807, 2.05) is 72.8 Å². The third-order valence-corrected chi connectivity index (χ3v) is 5.22. The molecule has 0 aliphatic heterocycles. The van der Waals surface area contributed by atoms with Crippen LogP contribution >= 0.6 is 0 Å². The summed E-state index contributed by atoms with van der Waals surface area (Å²) < 4.78 is 12.2. The lowest BCUT2D eigenvalue weighted by Gasteiger charge is -2.18. The number of carbonyl (C=O) groups excluding carboxylic acids is 2. The number of rotatable bonds is 8. The van der Waals surface area contributed by atoms with E-state index >= 15 is 0 Å². The van der Waals surface area contributed by atoms with Gasteiger partial charge >= 0.3 is 0 Å². The quantitative estimate of drug-likeness (QED) is 0.324. The molecule has 0 unspecified atom stereocenters. The SMILES string of the molecule is C=C(COc1c(NC(C)=O)ccc2ccccc12)COc1c(NC(C)=O)ccc2ccccc12. The van der Waals surface area contributed by atoms with E-state index in [1.54, 1.807) is 0 Å². The minimum absolute atomic E-state index is 0.177. The zero-order valence-electron chi connectivity index (χ0n) is 19.2. The molecule has 2 amide bonds. The smallest absolute Gasteiger partial charge is 0.221 e. The van der Waals surface area contributed by atoms with Gasteiger partial charge in [0.15, 0.2) is 11.5 Å². The molecule has 4 rings (SSSR count). The average molecular weight is 455 g/mol. The first-order chi connectivity index (χ1) is 16.4. The molecule has 0 saturated heterocycles. The van der Waals surface area contributed by atoms with E-state index in [0.29, 0.717) is 28.4 Å². The van der Waals surface area contributed by atoms with Crippen LogP contribution in [0.15, 0.2) is 84.9 Å². The maximum absolute atomic E-state index is 11.7. The van der Waals surface area contributed by atoms with E-state index in [9.17, 15) is 9.59 Å². The molecular weight excluding hydrogens is 428 g/mol. The van der Waals surface area contributed by atoms with Crippen LogP contribution in [-0.2, 0) is 9.59 Å². The summed E-state index contributed by atoms with van der Waals surface area (Å²) in [6.07, 6.45) is 0. The number of anilines is 2. The summed E-state index contributed by atoms with van der Waals surface area (Å²) in [6, 6.07) is 23.2. The van der Waals surface area contributed by atoms with Crippen molar-refractivity contribution >= 4 is 44.7 Å². The Morgan fingerprint density at radius 1 is 0.676 bits per heavy atom. The number of benzene rings is 4. The molecule has 4 aromatic rings. The van der Waals surface area contributed by atoms with Crippen LogP contribution < -0.4 is 20.1 Å². The summed E-state index contributed by atoms with van der Waals surface area (Å²) in [7, 11) is 0. The van der Waals surface area contributed by atoms with Crippen LogP contribution in [0.2, 0.25) is 0 Å². The Balaban J connectivity index is 1.53. The van der Waals surface area contributed by atoms with Gasteiger partial charge in [0.25, 0.3) is 0 Å². The first-order valence-corrected chi connectivity index (χ1v) is 10.9. The lowest BCUT2D eigenvalue weighted by Crippen LogP contribution is -2.13. The number of carbonyl (C=O) groups is 2. The molecule has 0 atom stereocenters. The van der Waals surface area contributed by atoms with Crippen LogP contribution in [-0.4, -0.2) is 25.0 Å². The van der Waals surface area contributed by atoms with Crippen LogP contribution in [0.1, 0.15) is 13.8 Å². The van der Waals surface area contributed by atoms with Gasteiger partial charge in [-0.2, -0.15) is 0 Å². The fourth-order valence-electron chi connectivity index (χ4n) is 3.76. The van der Waals surface area contributed by atoms with Gasteiger partial charge in [-0.3, -0.25) is 9.59 Å². The molecule has 0 bridgehead atoms. The van der Waals surface area contributed by atoms with Gasteiger partial charge in [-0.15, -0.1) is 0 Å². The predicted molar refractivity (Wildman–Crippen MR) is 137 cm³/mol. The molecular formula is C28H26N2O4. The minimum Gasteiger partial charge on any atom is -0.486 e. The van der Waals surface area contributed by atoms with Crippen LogP contribution in [0, 0.1) is 0 Å². The highest BCUT2D eigenvalue weighted by atomic mass is 16.5. The second-order valence-electron chi connectivity index (χ2n) is 8.02. The summed E-state index contributed by atoms with van der Waals surface area (Å²) in [5.41, 5.74) is 1.90. The van der Waals surface area contributed by atoms with Crippen LogP contribution in [0.25, 0.3) is 21.5 Å². The highest BCUT2D eigenvalue weighted by molar-refractivity contribution is 6.00. The molecule has 0 aliphatic carbocycles. The number of fused-ring (bicyclic) bond motifs is 2. The van der Waals surface area contributed by atoms with Gasteiger partial charge in [-0.05, 0) is 28.5 Å². The number of nitrogens with one attached hydrogen (secondary N) is 2. The van der Waals surface area contributed by atoms with Crippen molar-refractivity contribution < 1.29 is 19.1 Å². The van der Waals surface area contributed by atoms with Crippen LogP contribution in [0.5, 0.6) is 11.5 Å². The standard InChI is InChI=1S/C28H26N2O4/c1-18(16-33-27-23-10-6-4-8-21(23)12-14-25(27)29-19(2)31)17-34-28-24-11-7-5-9-22(24)13-15-26(28)30-20(3)32/h4-15H,1,16-17H2,2-3H3,(H,29,31)(H,30,32). The Labute approximate surface area is 198 Å². The Morgan fingerprint density at radius 3 is 1.50 bits per heavy atom. The molecule has 0 aliphatic rings. The maximum Gasteiger partial charge on any atom is 0.221 e. The number of amides is 2. The topological polar surface area (TPSA) is 76.7 Å². The van der Waals surface area contributed by atoms with E-state index in [2.05, 4.69) is 17.2 Å². The molecule has 172 valence electrons. The lowest BCUT2D eigenvalue weighted by atomic mass is 10.1. The summed E-state index contributed by atoms with van der Waals surface area (Å²) >= 11 is 0. The molecule has 34 heavy (non-hydrogen) atoms. The van der Waals surface area contributed by atoms with E-state index in [1.165, 1.54) is 13.8 Å². The van der Waals surface area contributed by atoms with Gasteiger partial charge in [0.05, 0.1) is 11.4 Å². The number of hydrogen-bond acceptors (Lipinski definition) is 4. The first kappa shape index (κ1) is 22.9. The van der Waals surface area contributed by atoms with Gasteiger partial charge in [-0.25, -0.2) is 0 Å². The van der Waals surface area contributed by atoms with E-state index < -0.39 is 0 Å². The van der Waals surface area contributed by atoms with Crippen molar-refractivity contribution in [3.05, 3.63) is 84.9 Å². The highest BCUT2D eigenvalue weighted by Crippen LogP contribution is 2.36. The third kappa shape index (κ3) is 5.18. The second-order valence-corrected chi connectivity index (χ2v) is 8.02. The molecule has 0 saturated carbocycles. The van der Waals surface area contributed by atoms with Crippen molar-refractivity contribution in [2.24, 2.45) is 0 Å². The third-order valence-electron chi connectivity index (χ3n) is 5.22. The fourth-order valence-corrected chi connectivity index (χ4v) is 3.76. The predicted octanol–water partition coefficient (Wildman–Crippen LogP) is 5.92. The van der Waals surface area contributed by atoms with Crippen molar-refractivity contribution in [1.82, 2.24) is 0 Å². The Hall–Kier alpha value is -4.32. The lowest BCUT2D eigenvalue weighted by molar-refractivity contribution is -0.115. The summed E-state index contributed by atoms with van der Waals surface area (Å²) in [5, 5.41) is 9.45. The normalized spacial score (nSPS) is 10.6. The molecule has 6 nitrogen and oxygen atoms in total. The van der Waals surface area contributed by atoms with Crippen LogP contribution in [0.3, 0.4) is 0 Å². The van der Waals surface area contributed by atoms with Crippen molar-refractivity contribution in [3.8, 4) is 11.5 Å². The number of ether oxygens (including phenoxy) is 2. The molecule has 0 fully saturated rings. The molecule has 2 N–H and O–H groups in total. The van der Waals surface area contributed by atoms with E-state index in [-0.39, 0.29) is 25.0 Å². The van der Waals surface area contributed by atoms with Gasteiger partial charge in [0, 0.05) is 24.6 Å². The minimum atomic E-state index is -0.177. The van der Waals surface area contributed by atoms with E-state index in [0.717, 1.165) is 21.5 Å².